The summed E-state index contributed by atoms with van der Waals surface area (Å²) in [6.07, 6.45) is 7.37. The Morgan fingerprint density at radius 1 is 1.25 bits per heavy atom. The predicted molar refractivity (Wildman–Crippen MR) is 64.1 cm³/mol. The summed E-state index contributed by atoms with van der Waals surface area (Å²) in [5.74, 6) is 2.48. The van der Waals surface area contributed by atoms with Gasteiger partial charge in [0.15, 0.2) is 6.29 Å². The third-order valence-electron chi connectivity index (χ3n) is 3.99. The number of hydrogen-bond donors (Lipinski definition) is 1. The minimum Gasteiger partial charge on any atom is -0.354 e. The lowest BCUT2D eigenvalue weighted by Gasteiger charge is -2.25. The monoisotopic (exact) mass is 225 g/mol. The van der Waals surface area contributed by atoms with Gasteiger partial charge in [0.2, 0.25) is 0 Å². The van der Waals surface area contributed by atoms with Gasteiger partial charge in [-0.15, -0.1) is 0 Å². The molecule has 2 rings (SSSR count). The zero-order valence-corrected chi connectivity index (χ0v) is 10.5. The fraction of sp³-hybridized carbons (Fsp3) is 0.846. The van der Waals surface area contributed by atoms with E-state index < -0.39 is 0 Å². The number of nitrogens with one attached hydrogen (secondary N) is 1. The minimum absolute atomic E-state index is 0.144. The molecule has 4 unspecified atom stereocenters. The summed E-state index contributed by atoms with van der Waals surface area (Å²) in [4.78, 5) is 0. The first-order chi connectivity index (χ1) is 7.74. The molecule has 0 saturated heterocycles. The standard InChI is InChI=1S/C13H23NO2/c1-9(13(15-2)16-3)14-8-12-7-10-4-5-11(12)6-10/h4-5,9-14H,6-8H2,1-3H3. The lowest BCUT2D eigenvalue weighted by Crippen LogP contribution is -2.42. The van der Waals surface area contributed by atoms with Crippen molar-refractivity contribution >= 4 is 0 Å². The average molecular weight is 225 g/mol. The van der Waals surface area contributed by atoms with Crippen LogP contribution < -0.4 is 5.32 Å². The molecule has 0 aromatic rings. The quantitative estimate of drug-likeness (QED) is 0.552. The predicted octanol–water partition coefficient (Wildman–Crippen LogP) is 1.80. The molecule has 0 amide bonds. The highest BCUT2D eigenvalue weighted by Crippen LogP contribution is 2.42. The Bertz CT molecular complexity index is 250. The third kappa shape index (κ3) is 2.47. The highest BCUT2D eigenvalue weighted by atomic mass is 16.7. The highest BCUT2D eigenvalue weighted by Gasteiger charge is 2.35. The summed E-state index contributed by atoms with van der Waals surface area (Å²) in [6.45, 7) is 3.19. The van der Waals surface area contributed by atoms with Crippen LogP contribution in [0, 0.1) is 17.8 Å². The Labute approximate surface area is 98.2 Å². The van der Waals surface area contributed by atoms with Crippen LogP contribution in [0.1, 0.15) is 19.8 Å². The summed E-state index contributed by atoms with van der Waals surface area (Å²) >= 11 is 0. The Balaban J connectivity index is 1.73. The summed E-state index contributed by atoms with van der Waals surface area (Å²) < 4.78 is 10.5. The van der Waals surface area contributed by atoms with Crippen molar-refractivity contribution in [2.75, 3.05) is 20.8 Å². The van der Waals surface area contributed by atoms with E-state index >= 15 is 0 Å². The molecule has 16 heavy (non-hydrogen) atoms. The van der Waals surface area contributed by atoms with Gasteiger partial charge in [-0.05, 0) is 44.1 Å². The minimum atomic E-state index is -0.144. The molecule has 92 valence electrons. The van der Waals surface area contributed by atoms with Gasteiger partial charge in [0.1, 0.15) is 0 Å². The maximum atomic E-state index is 5.24. The Kier molecular flexibility index (Phi) is 4.00. The molecule has 1 N–H and O–H groups in total. The molecular weight excluding hydrogens is 202 g/mol. The maximum absolute atomic E-state index is 5.24. The molecule has 1 fully saturated rings. The van der Waals surface area contributed by atoms with Gasteiger partial charge in [-0.25, -0.2) is 0 Å². The van der Waals surface area contributed by atoms with Crippen molar-refractivity contribution in [3.8, 4) is 0 Å². The van der Waals surface area contributed by atoms with Gasteiger partial charge >= 0.3 is 0 Å². The Morgan fingerprint density at radius 2 is 2.00 bits per heavy atom. The third-order valence-corrected chi connectivity index (χ3v) is 3.99. The molecule has 2 aliphatic rings. The van der Waals surface area contributed by atoms with Crippen LogP contribution >= 0.6 is 0 Å². The van der Waals surface area contributed by atoms with E-state index in [-0.39, 0.29) is 12.3 Å². The lowest BCUT2D eigenvalue weighted by atomic mass is 9.93. The van der Waals surface area contributed by atoms with Crippen LogP contribution in [-0.4, -0.2) is 33.1 Å². The van der Waals surface area contributed by atoms with Crippen molar-refractivity contribution in [1.29, 1.82) is 0 Å². The Hall–Kier alpha value is -0.380. The van der Waals surface area contributed by atoms with Crippen molar-refractivity contribution in [3.63, 3.8) is 0 Å². The van der Waals surface area contributed by atoms with Crippen LogP contribution in [0.15, 0.2) is 12.2 Å². The van der Waals surface area contributed by atoms with E-state index in [1.165, 1.54) is 12.8 Å². The number of hydrogen-bond acceptors (Lipinski definition) is 3. The van der Waals surface area contributed by atoms with Crippen LogP contribution in [0.4, 0.5) is 0 Å². The second-order valence-corrected chi connectivity index (χ2v) is 5.08. The van der Waals surface area contributed by atoms with E-state index in [4.69, 9.17) is 9.47 Å². The van der Waals surface area contributed by atoms with Crippen LogP contribution in [0.3, 0.4) is 0 Å². The number of ether oxygens (including phenoxy) is 2. The average Bonchev–Trinajstić information content (AvgIpc) is 2.89. The van der Waals surface area contributed by atoms with Crippen molar-refractivity contribution < 1.29 is 9.47 Å². The zero-order chi connectivity index (χ0) is 11.5. The second kappa shape index (κ2) is 5.30. The van der Waals surface area contributed by atoms with Crippen LogP contribution in [-0.2, 0) is 9.47 Å². The van der Waals surface area contributed by atoms with E-state index in [1.54, 1.807) is 14.2 Å². The van der Waals surface area contributed by atoms with Gasteiger partial charge in [0.25, 0.3) is 0 Å². The van der Waals surface area contributed by atoms with Gasteiger partial charge in [0.05, 0.1) is 6.04 Å². The van der Waals surface area contributed by atoms with Crippen molar-refractivity contribution in [2.45, 2.75) is 32.1 Å². The summed E-state index contributed by atoms with van der Waals surface area (Å²) in [6, 6.07) is 0.248. The second-order valence-electron chi connectivity index (χ2n) is 5.08. The molecule has 0 aliphatic heterocycles. The summed E-state index contributed by atoms with van der Waals surface area (Å²) in [5.41, 5.74) is 0. The topological polar surface area (TPSA) is 30.5 Å². The molecule has 2 bridgehead atoms. The number of methoxy groups -OCH3 is 2. The first kappa shape index (κ1) is 12.1. The van der Waals surface area contributed by atoms with Gasteiger partial charge in [-0.1, -0.05) is 12.2 Å². The molecule has 0 aromatic carbocycles. The van der Waals surface area contributed by atoms with Crippen molar-refractivity contribution in [3.05, 3.63) is 12.2 Å². The molecular formula is C13H23NO2. The number of rotatable bonds is 6. The maximum Gasteiger partial charge on any atom is 0.171 e. The number of allylic oxidation sites excluding steroid dienone is 2. The summed E-state index contributed by atoms with van der Waals surface area (Å²) in [5, 5.41) is 3.53. The molecule has 0 heterocycles. The first-order valence-electron chi connectivity index (χ1n) is 6.22. The molecule has 0 spiro atoms. The lowest BCUT2D eigenvalue weighted by molar-refractivity contribution is -0.119. The van der Waals surface area contributed by atoms with Gasteiger partial charge in [0, 0.05) is 14.2 Å². The molecule has 3 nitrogen and oxygen atoms in total. The van der Waals surface area contributed by atoms with E-state index in [9.17, 15) is 0 Å². The zero-order valence-electron chi connectivity index (χ0n) is 10.5. The van der Waals surface area contributed by atoms with Crippen LogP contribution in [0.2, 0.25) is 0 Å². The van der Waals surface area contributed by atoms with E-state index in [0.29, 0.717) is 0 Å². The van der Waals surface area contributed by atoms with Crippen LogP contribution in [0.5, 0.6) is 0 Å². The Morgan fingerprint density at radius 3 is 2.50 bits per heavy atom. The first-order valence-corrected chi connectivity index (χ1v) is 6.22. The largest absolute Gasteiger partial charge is 0.354 e. The normalized spacial score (nSPS) is 33.9. The molecule has 3 heteroatoms. The molecule has 2 aliphatic carbocycles. The molecule has 0 aromatic heterocycles. The van der Waals surface area contributed by atoms with E-state index in [0.717, 1.165) is 24.3 Å². The highest BCUT2D eigenvalue weighted by molar-refractivity contribution is 5.10. The summed E-state index contributed by atoms with van der Waals surface area (Å²) in [7, 11) is 3.37. The van der Waals surface area contributed by atoms with Gasteiger partial charge in [-0.3, -0.25) is 0 Å². The SMILES string of the molecule is COC(OC)C(C)NCC1CC2C=CC1C2. The molecule has 4 atom stereocenters. The van der Waals surface area contributed by atoms with Gasteiger partial charge in [-0.2, -0.15) is 0 Å². The number of fused-ring (bicyclic) bond motifs is 2. The van der Waals surface area contributed by atoms with E-state index in [2.05, 4.69) is 24.4 Å². The molecule has 1 saturated carbocycles. The van der Waals surface area contributed by atoms with Crippen LogP contribution in [0.25, 0.3) is 0 Å². The van der Waals surface area contributed by atoms with E-state index in [1.807, 2.05) is 0 Å². The van der Waals surface area contributed by atoms with Crippen molar-refractivity contribution in [1.82, 2.24) is 5.32 Å². The smallest absolute Gasteiger partial charge is 0.171 e. The fourth-order valence-corrected chi connectivity index (χ4v) is 3.07. The van der Waals surface area contributed by atoms with Gasteiger partial charge < -0.3 is 14.8 Å². The molecule has 0 radical (unpaired) electrons. The fourth-order valence-electron chi connectivity index (χ4n) is 3.07. The van der Waals surface area contributed by atoms with Crippen molar-refractivity contribution in [2.24, 2.45) is 17.8 Å².